The minimum absolute atomic E-state index is 0.0821. The van der Waals surface area contributed by atoms with Crippen LogP contribution in [0.15, 0.2) is 0 Å². The van der Waals surface area contributed by atoms with Crippen molar-refractivity contribution in [1.82, 2.24) is 10.6 Å². The lowest BCUT2D eigenvalue weighted by molar-refractivity contribution is -0.141. The fourth-order valence-corrected chi connectivity index (χ4v) is 2.26. The number of hydrogen-bond donors (Lipinski definition) is 4. The molecule has 0 aromatic carbocycles. The van der Waals surface area contributed by atoms with Crippen molar-refractivity contribution in [3.05, 3.63) is 0 Å². The van der Waals surface area contributed by atoms with Gasteiger partial charge >= 0.3 is 12.0 Å². The highest BCUT2D eigenvalue weighted by Gasteiger charge is 2.31. The molecule has 0 spiro atoms. The first kappa shape index (κ1) is 14.8. The summed E-state index contributed by atoms with van der Waals surface area (Å²) < 4.78 is 0. The molecule has 0 aliphatic heterocycles. The average molecular weight is 258 g/mol. The molecule has 1 saturated carbocycles. The smallest absolute Gasteiger partial charge is 0.315 e. The molecule has 1 fully saturated rings. The Labute approximate surface area is 107 Å². The van der Waals surface area contributed by atoms with Crippen LogP contribution in [0.25, 0.3) is 0 Å². The number of urea groups is 1. The number of amides is 2. The summed E-state index contributed by atoms with van der Waals surface area (Å²) in [5, 5.41) is 23.7. The number of aliphatic hydroxyl groups is 1. The number of nitrogens with one attached hydrogen (secondary N) is 2. The second-order valence-electron chi connectivity index (χ2n) is 5.64. The minimum Gasteiger partial charge on any atom is -0.481 e. The van der Waals surface area contributed by atoms with E-state index in [2.05, 4.69) is 10.6 Å². The summed E-state index contributed by atoms with van der Waals surface area (Å²) in [7, 11) is 0. The average Bonchev–Trinajstić information content (AvgIpc) is 2.60. The molecule has 0 aromatic heterocycles. The molecule has 1 aliphatic carbocycles. The van der Waals surface area contributed by atoms with Crippen molar-refractivity contribution in [3.8, 4) is 0 Å². The number of hydrogen-bond acceptors (Lipinski definition) is 3. The van der Waals surface area contributed by atoms with Gasteiger partial charge in [-0.25, -0.2) is 4.79 Å². The molecule has 104 valence electrons. The SMILES string of the molecule is CC(O)(CNC(=O)NC1(C)CCCC1)CC(=O)O. The maximum atomic E-state index is 11.7. The number of rotatable bonds is 5. The number of carbonyl (C=O) groups excluding carboxylic acids is 1. The van der Waals surface area contributed by atoms with Gasteiger partial charge in [0, 0.05) is 12.1 Å². The molecule has 18 heavy (non-hydrogen) atoms. The monoisotopic (exact) mass is 258 g/mol. The van der Waals surface area contributed by atoms with Gasteiger partial charge in [-0.1, -0.05) is 12.8 Å². The van der Waals surface area contributed by atoms with Gasteiger partial charge in [-0.2, -0.15) is 0 Å². The van der Waals surface area contributed by atoms with Gasteiger partial charge in [0.15, 0.2) is 0 Å². The Kier molecular flexibility index (Phi) is 4.56. The molecular weight excluding hydrogens is 236 g/mol. The molecule has 0 saturated heterocycles. The molecule has 0 radical (unpaired) electrons. The number of carboxylic acid groups (broad SMARTS) is 1. The minimum atomic E-state index is -1.43. The molecule has 6 heteroatoms. The fourth-order valence-electron chi connectivity index (χ4n) is 2.26. The maximum absolute atomic E-state index is 11.7. The topological polar surface area (TPSA) is 98.7 Å². The Balaban J connectivity index is 2.34. The molecule has 4 N–H and O–H groups in total. The van der Waals surface area contributed by atoms with Crippen LogP contribution in [0.5, 0.6) is 0 Å². The van der Waals surface area contributed by atoms with Gasteiger partial charge in [0.2, 0.25) is 0 Å². The Hall–Kier alpha value is -1.30. The van der Waals surface area contributed by atoms with Gasteiger partial charge in [-0.05, 0) is 26.7 Å². The van der Waals surface area contributed by atoms with E-state index >= 15 is 0 Å². The van der Waals surface area contributed by atoms with E-state index in [9.17, 15) is 14.7 Å². The lowest BCUT2D eigenvalue weighted by Crippen LogP contribution is -2.52. The second-order valence-corrected chi connectivity index (χ2v) is 5.64. The van der Waals surface area contributed by atoms with E-state index in [0.717, 1.165) is 25.7 Å². The third kappa shape index (κ3) is 4.91. The van der Waals surface area contributed by atoms with E-state index in [-0.39, 0.29) is 18.1 Å². The van der Waals surface area contributed by atoms with Crippen molar-refractivity contribution in [2.45, 2.75) is 57.1 Å². The maximum Gasteiger partial charge on any atom is 0.315 e. The first-order chi connectivity index (χ1) is 8.22. The molecule has 0 bridgehead atoms. The number of carbonyl (C=O) groups is 2. The summed E-state index contributed by atoms with van der Waals surface area (Å²) in [6, 6.07) is -0.356. The Morgan fingerprint density at radius 3 is 2.39 bits per heavy atom. The normalized spacial score (nSPS) is 21.1. The Morgan fingerprint density at radius 1 is 1.33 bits per heavy atom. The third-order valence-corrected chi connectivity index (χ3v) is 3.28. The molecule has 1 aliphatic rings. The van der Waals surface area contributed by atoms with E-state index in [4.69, 9.17) is 5.11 Å². The summed E-state index contributed by atoms with van der Waals surface area (Å²) in [5.41, 5.74) is -1.61. The van der Waals surface area contributed by atoms with Crippen molar-refractivity contribution in [2.24, 2.45) is 0 Å². The second kappa shape index (κ2) is 5.56. The summed E-state index contributed by atoms with van der Waals surface area (Å²) in [5.74, 6) is -1.09. The largest absolute Gasteiger partial charge is 0.481 e. The zero-order valence-corrected chi connectivity index (χ0v) is 11.0. The van der Waals surface area contributed by atoms with Crippen LogP contribution in [0.2, 0.25) is 0 Å². The quantitative estimate of drug-likeness (QED) is 0.587. The van der Waals surface area contributed by atoms with Crippen LogP contribution in [0.1, 0.15) is 46.0 Å². The van der Waals surface area contributed by atoms with Crippen molar-refractivity contribution in [1.29, 1.82) is 0 Å². The lowest BCUT2D eigenvalue weighted by atomic mass is 10.0. The van der Waals surface area contributed by atoms with Crippen LogP contribution in [-0.4, -0.2) is 39.9 Å². The zero-order chi connectivity index (χ0) is 13.8. The highest BCUT2D eigenvalue weighted by Crippen LogP contribution is 2.28. The van der Waals surface area contributed by atoms with Crippen molar-refractivity contribution >= 4 is 12.0 Å². The summed E-state index contributed by atoms with van der Waals surface area (Å²) in [4.78, 5) is 22.2. The van der Waals surface area contributed by atoms with Crippen molar-refractivity contribution in [3.63, 3.8) is 0 Å². The van der Waals surface area contributed by atoms with E-state index < -0.39 is 18.0 Å². The molecule has 1 unspecified atom stereocenters. The van der Waals surface area contributed by atoms with Crippen molar-refractivity contribution in [2.75, 3.05) is 6.54 Å². The molecule has 0 heterocycles. The highest BCUT2D eigenvalue weighted by molar-refractivity contribution is 5.75. The molecule has 1 atom stereocenters. The first-order valence-electron chi connectivity index (χ1n) is 6.23. The van der Waals surface area contributed by atoms with Crippen LogP contribution in [0.4, 0.5) is 4.79 Å². The van der Waals surface area contributed by atoms with Crippen LogP contribution in [0.3, 0.4) is 0 Å². The molecule has 1 rings (SSSR count). The first-order valence-corrected chi connectivity index (χ1v) is 6.23. The predicted molar refractivity (Wildman–Crippen MR) is 66.3 cm³/mol. The van der Waals surface area contributed by atoms with E-state index in [1.807, 2.05) is 6.92 Å². The Bertz CT molecular complexity index is 322. The number of carboxylic acids is 1. The fraction of sp³-hybridized carbons (Fsp3) is 0.833. The number of aliphatic carboxylic acids is 1. The van der Waals surface area contributed by atoms with Gasteiger partial charge < -0.3 is 20.8 Å². The van der Waals surface area contributed by atoms with Gasteiger partial charge in [0.25, 0.3) is 0 Å². The van der Waals surface area contributed by atoms with Crippen LogP contribution >= 0.6 is 0 Å². The standard InChI is InChI=1S/C12H22N2O4/c1-11(5-3-4-6-11)14-10(17)13-8-12(2,18)7-9(15)16/h18H,3-8H2,1-2H3,(H,15,16)(H2,13,14,17). The zero-order valence-electron chi connectivity index (χ0n) is 11.0. The predicted octanol–water partition coefficient (Wildman–Crippen LogP) is 0.844. The van der Waals surface area contributed by atoms with Crippen molar-refractivity contribution < 1.29 is 19.8 Å². The van der Waals surface area contributed by atoms with Gasteiger partial charge in [0.05, 0.1) is 12.0 Å². The van der Waals surface area contributed by atoms with Crippen LogP contribution in [0, 0.1) is 0 Å². The summed E-state index contributed by atoms with van der Waals surface area (Å²) >= 11 is 0. The molecule has 6 nitrogen and oxygen atoms in total. The summed E-state index contributed by atoms with van der Waals surface area (Å²) in [6.07, 6.45) is 3.71. The van der Waals surface area contributed by atoms with Gasteiger partial charge in [-0.15, -0.1) is 0 Å². The molecule has 0 aromatic rings. The summed E-state index contributed by atoms with van der Waals surface area (Å²) in [6.45, 7) is 3.30. The Morgan fingerprint density at radius 2 is 1.89 bits per heavy atom. The van der Waals surface area contributed by atoms with Gasteiger partial charge in [-0.3, -0.25) is 4.79 Å². The lowest BCUT2D eigenvalue weighted by Gasteiger charge is -2.27. The van der Waals surface area contributed by atoms with Gasteiger partial charge in [0.1, 0.15) is 0 Å². The van der Waals surface area contributed by atoms with E-state index in [1.165, 1.54) is 6.92 Å². The van der Waals surface area contributed by atoms with Crippen LogP contribution < -0.4 is 10.6 Å². The van der Waals surface area contributed by atoms with E-state index in [0.29, 0.717) is 0 Å². The highest BCUT2D eigenvalue weighted by atomic mass is 16.4. The molecular formula is C12H22N2O4. The van der Waals surface area contributed by atoms with E-state index in [1.54, 1.807) is 0 Å². The van der Waals surface area contributed by atoms with Crippen LogP contribution in [-0.2, 0) is 4.79 Å². The third-order valence-electron chi connectivity index (χ3n) is 3.28. The molecule has 2 amide bonds.